The maximum atomic E-state index is 13.1. The quantitative estimate of drug-likeness (QED) is 0.422. The second kappa shape index (κ2) is 7.86. The van der Waals surface area contributed by atoms with E-state index in [4.69, 9.17) is 9.40 Å². The van der Waals surface area contributed by atoms with Crippen LogP contribution >= 0.6 is 11.3 Å². The van der Waals surface area contributed by atoms with Crippen LogP contribution in [0.25, 0.3) is 21.8 Å². The molecule has 4 rings (SSSR count). The van der Waals surface area contributed by atoms with E-state index >= 15 is 0 Å². The van der Waals surface area contributed by atoms with Crippen LogP contribution in [0.2, 0.25) is 0 Å². The number of thiazole rings is 1. The van der Waals surface area contributed by atoms with Gasteiger partial charge in [0.1, 0.15) is 16.6 Å². The predicted molar refractivity (Wildman–Crippen MR) is 107 cm³/mol. The Balaban J connectivity index is 1.44. The standard InChI is InChI=1S/C22H19FN2OS/c1-25(14-20-3-2-12-26-20)13-16-4-6-17(7-5-16)21-15-27-22(24-21)18-8-10-19(23)11-9-18/h2-12,15H,13-14H2,1H3. The Bertz CT molecular complexity index is 992. The molecule has 0 atom stereocenters. The highest BCUT2D eigenvalue weighted by Gasteiger charge is 2.08. The van der Waals surface area contributed by atoms with Gasteiger partial charge in [0.05, 0.1) is 18.5 Å². The Hall–Kier alpha value is -2.76. The highest BCUT2D eigenvalue weighted by atomic mass is 32.1. The van der Waals surface area contributed by atoms with E-state index in [-0.39, 0.29) is 5.82 Å². The van der Waals surface area contributed by atoms with E-state index in [0.29, 0.717) is 0 Å². The van der Waals surface area contributed by atoms with E-state index in [1.165, 1.54) is 17.7 Å². The fourth-order valence-corrected chi connectivity index (χ4v) is 3.78. The van der Waals surface area contributed by atoms with Gasteiger partial charge in [-0.1, -0.05) is 24.3 Å². The number of aromatic nitrogens is 1. The van der Waals surface area contributed by atoms with Crippen molar-refractivity contribution in [3.63, 3.8) is 0 Å². The lowest BCUT2D eigenvalue weighted by Gasteiger charge is -2.15. The van der Waals surface area contributed by atoms with Gasteiger partial charge in [-0.05, 0) is 49.0 Å². The highest BCUT2D eigenvalue weighted by molar-refractivity contribution is 7.13. The first-order chi connectivity index (χ1) is 13.2. The van der Waals surface area contributed by atoms with Crippen LogP contribution < -0.4 is 0 Å². The van der Waals surface area contributed by atoms with Crippen molar-refractivity contribution in [3.05, 3.63) is 89.4 Å². The average Bonchev–Trinajstić information content (AvgIpc) is 3.35. The summed E-state index contributed by atoms with van der Waals surface area (Å²) < 4.78 is 18.5. The Morgan fingerprint density at radius 3 is 2.41 bits per heavy atom. The Morgan fingerprint density at radius 2 is 1.70 bits per heavy atom. The molecule has 0 amide bonds. The van der Waals surface area contributed by atoms with E-state index in [2.05, 4.69) is 36.2 Å². The minimum Gasteiger partial charge on any atom is -0.468 e. The summed E-state index contributed by atoms with van der Waals surface area (Å²) in [6.45, 7) is 1.63. The number of hydrogen-bond acceptors (Lipinski definition) is 4. The first-order valence-electron chi connectivity index (χ1n) is 8.69. The van der Waals surface area contributed by atoms with Gasteiger partial charge >= 0.3 is 0 Å². The summed E-state index contributed by atoms with van der Waals surface area (Å²) in [7, 11) is 2.08. The molecular formula is C22H19FN2OS. The predicted octanol–water partition coefficient (Wildman–Crippen LogP) is 5.84. The molecule has 5 heteroatoms. The van der Waals surface area contributed by atoms with Gasteiger partial charge in [0.25, 0.3) is 0 Å². The number of hydrogen-bond donors (Lipinski definition) is 0. The Kier molecular flexibility index (Phi) is 5.14. The van der Waals surface area contributed by atoms with Crippen molar-refractivity contribution in [2.45, 2.75) is 13.1 Å². The molecule has 0 bridgehead atoms. The smallest absolute Gasteiger partial charge is 0.124 e. The molecule has 2 aromatic heterocycles. The van der Waals surface area contributed by atoms with E-state index in [0.717, 1.165) is 40.7 Å². The van der Waals surface area contributed by atoms with E-state index in [1.54, 1.807) is 29.7 Å². The summed E-state index contributed by atoms with van der Waals surface area (Å²) in [6, 6.07) is 18.8. The van der Waals surface area contributed by atoms with Gasteiger partial charge < -0.3 is 4.42 Å². The molecule has 0 saturated heterocycles. The molecule has 0 aliphatic rings. The lowest BCUT2D eigenvalue weighted by atomic mass is 10.1. The van der Waals surface area contributed by atoms with Crippen molar-refractivity contribution < 1.29 is 8.81 Å². The van der Waals surface area contributed by atoms with E-state index < -0.39 is 0 Å². The van der Waals surface area contributed by atoms with Crippen LogP contribution in [-0.4, -0.2) is 16.9 Å². The topological polar surface area (TPSA) is 29.3 Å². The fraction of sp³-hybridized carbons (Fsp3) is 0.136. The molecule has 0 aliphatic carbocycles. The average molecular weight is 378 g/mol. The molecule has 4 aromatic rings. The number of nitrogens with zero attached hydrogens (tertiary/aromatic N) is 2. The maximum absolute atomic E-state index is 13.1. The molecule has 0 unspecified atom stereocenters. The summed E-state index contributed by atoms with van der Waals surface area (Å²) in [5.41, 5.74) is 4.19. The van der Waals surface area contributed by atoms with Gasteiger partial charge in [-0.2, -0.15) is 0 Å². The lowest BCUT2D eigenvalue weighted by molar-refractivity contribution is 0.288. The van der Waals surface area contributed by atoms with E-state index in [9.17, 15) is 4.39 Å². The summed E-state index contributed by atoms with van der Waals surface area (Å²) in [6.07, 6.45) is 1.70. The van der Waals surface area contributed by atoms with Crippen LogP contribution in [0.15, 0.2) is 76.7 Å². The number of furan rings is 1. The SMILES string of the molecule is CN(Cc1ccc(-c2csc(-c3ccc(F)cc3)n2)cc1)Cc1ccco1. The summed E-state index contributed by atoms with van der Waals surface area (Å²) >= 11 is 1.57. The molecular weight excluding hydrogens is 359 g/mol. The van der Waals surface area contributed by atoms with Crippen molar-refractivity contribution >= 4 is 11.3 Å². The van der Waals surface area contributed by atoms with Crippen molar-refractivity contribution in [1.82, 2.24) is 9.88 Å². The van der Waals surface area contributed by atoms with Gasteiger partial charge in [-0.25, -0.2) is 9.37 Å². The number of halogens is 1. The van der Waals surface area contributed by atoms with E-state index in [1.807, 2.05) is 17.5 Å². The zero-order valence-corrected chi connectivity index (χ0v) is 15.7. The second-order valence-electron chi connectivity index (χ2n) is 6.49. The molecule has 2 heterocycles. The van der Waals surface area contributed by atoms with Crippen molar-refractivity contribution in [1.29, 1.82) is 0 Å². The Morgan fingerprint density at radius 1 is 0.963 bits per heavy atom. The van der Waals surface area contributed by atoms with Crippen LogP contribution in [0.3, 0.4) is 0 Å². The third-order valence-electron chi connectivity index (χ3n) is 4.30. The molecule has 0 aliphatic heterocycles. The first kappa shape index (κ1) is 17.6. The van der Waals surface area contributed by atoms with Crippen LogP contribution in [0.5, 0.6) is 0 Å². The van der Waals surface area contributed by atoms with Gasteiger partial charge in [0.15, 0.2) is 0 Å². The molecule has 27 heavy (non-hydrogen) atoms. The minimum atomic E-state index is -0.233. The summed E-state index contributed by atoms with van der Waals surface area (Å²) in [5.74, 6) is 0.730. The monoisotopic (exact) mass is 378 g/mol. The largest absolute Gasteiger partial charge is 0.468 e. The molecule has 0 fully saturated rings. The van der Waals surface area contributed by atoms with Crippen LogP contribution in [0.1, 0.15) is 11.3 Å². The number of benzene rings is 2. The number of rotatable bonds is 6. The van der Waals surface area contributed by atoms with Gasteiger partial charge in [0.2, 0.25) is 0 Å². The lowest BCUT2D eigenvalue weighted by Crippen LogP contribution is -2.16. The molecule has 136 valence electrons. The molecule has 0 saturated carbocycles. The second-order valence-corrected chi connectivity index (χ2v) is 7.35. The zero-order valence-electron chi connectivity index (χ0n) is 14.9. The van der Waals surface area contributed by atoms with Gasteiger partial charge in [-0.3, -0.25) is 4.90 Å². The highest BCUT2D eigenvalue weighted by Crippen LogP contribution is 2.29. The van der Waals surface area contributed by atoms with Gasteiger partial charge in [0, 0.05) is 23.1 Å². The normalized spacial score (nSPS) is 11.2. The summed E-state index contributed by atoms with van der Waals surface area (Å²) in [4.78, 5) is 6.91. The fourth-order valence-electron chi connectivity index (χ4n) is 2.95. The van der Waals surface area contributed by atoms with Crippen LogP contribution in [-0.2, 0) is 13.1 Å². The molecule has 2 aromatic carbocycles. The van der Waals surface area contributed by atoms with Crippen LogP contribution in [0, 0.1) is 5.82 Å². The maximum Gasteiger partial charge on any atom is 0.124 e. The molecule has 0 radical (unpaired) electrons. The molecule has 3 nitrogen and oxygen atoms in total. The Labute approximate surface area is 161 Å². The van der Waals surface area contributed by atoms with Crippen molar-refractivity contribution in [2.24, 2.45) is 0 Å². The van der Waals surface area contributed by atoms with Crippen molar-refractivity contribution in [3.8, 4) is 21.8 Å². The molecule has 0 spiro atoms. The van der Waals surface area contributed by atoms with Gasteiger partial charge in [-0.15, -0.1) is 11.3 Å². The molecule has 0 N–H and O–H groups in total. The minimum absolute atomic E-state index is 0.233. The summed E-state index contributed by atoms with van der Waals surface area (Å²) in [5, 5.41) is 2.93. The van der Waals surface area contributed by atoms with Crippen LogP contribution in [0.4, 0.5) is 4.39 Å². The first-order valence-corrected chi connectivity index (χ1v) is 9.57. The zero-order chi connectivity index (χ0) is 18.6. The third kappa shape index (κ3) is 4.32. The third-order valence-corrected chi connectivity index (χ3v) is 5.19. The van der Waals surface area contributed by atoms with Crippen molar-refractivity contribution in [2.75, 3.05) is 7.05 Å².